The zero-order valence-corrected chi connectivity index (χ0v) is 22.2. The summed E-state index contributed by atoms with van der Waals surface area (Å²) in [4.78, 5) is 48.5. The van der Waals surface area contributed by atoms with Crippen molar-refractivity contribution in [1.82, 2.24) is 29.1 Å². The summed E-state index contributed by atoms with van der Waals surface area (Å²) < 4.78 is 38.1. The van der Waals surface area contributed by atoms with Gasteiger partial charge in [-0.3, -0.25) is 37.7 Å². The lowest BCUT2D eigenvalue weighted by Gasteiger charge is -2.22. The van der Waals surface area contributed by atoms with E-state index in [2.05, 4.69) is 32.2 Å². The summed E-state index contributed by atoms with van der Waals surface area (Å²) in [6, 6.07) is 0. The number of fused-ring (bicyclic) bond motifs is 1. The highest BCUT2D eigenvalue weighted by Gasteiger charge is 2.42. The lowest BCUT2D eigenvalue weighted by Crippen LogP contribution is -2.33. The van der Waals surface area contributed by atoms with Crippen LogP contribution in [0.15, 0.2) is 26.9 Å². The van der Waals surface area contributed by atoms with Crippen molar-refractivity contribution in [3.8, 4) is 0 Å². The number of anilines is 1. The average molecular weight is 588 g/mol. The van der Waals surface area contributed by atoms with E-state index in [1.165, 1.54) is 24.0 Å². The third-order valence-electron chi connectivity index (χ3n) is 6.45. The van der Waals surface area contributed by atoms with Crippen molar-refractivity contribution in [2.75, 3.05) is 18.9 Å². The molecule has 5 heterocycles. The fourth-order valence-electron chi connectivity index (χ4n) is 4.51. The van der Waals surface area contributed by atoms with Crippen LogP contribution in [0.2, 0.25) is 0 Å². The highest BCUT2D eigenvalue weighted by atomic mass is 32.7. The van der Waals surface area contributed by atoms with Crippen LogP contribution in [-0.4, -0.2) is 76.9 Å². The molecule has 2 saturated heterocycles. The molecule has 0 bridgehead atoms. The number of aryl methyl sites for hydroxylation is 1. The fraction of sp³-hybridized carbons (Fsp3) is 0.550. The first-order valence-corrected chi connectivity index (χ1v) is 14.4. The van der Waals surface area contributed by atoms with Gasteiger partial charge in [-0.15, -0.1) is 0 Å². The lowest BCUT2D eigenvalue weighted by molar-refractivity contribution is -0.0498. The molecule has 0 amide bonds. The Morgan fingerprint density at radius 1 is 1.18 bits per heavy atom. The average Bonchev–Trinajstić information content (AvgIpc) is 3.56. The van der Waals surface area contributed by atoms with Crippen molar-refractivity contribution in [2.24, 2.45) is 0 Å². The Hall–Kier alpha value is -2.83. The number of aliphatic hydroxyl groups excluding tert-OH is 2. The fourth-order valence-corrected chi connectivity index (χ4v) is 6.03. The van der Waals surface area contributed by atoms with E-state index in [4.69, 9.17) is 24.3 Å². The van der Waals surface area contributed by atoms with Gasteiger partial charge in [0, 0.05) is 24.6 Å². The molecule has 2 aliphatic heterocycles. The molecule has 6 N–H and O–H groups in total. The standard InChI is InChI=1S/C20H26N7O10PS/c1-8-4-26(20(32)25-17(8)30)13-2-9(29)12(36-13)6-34-38(33,39)37-10-3-14(35-11(10)5-28)27-7-22-15-16(27)23-19(21)24-18(15)31/h4,7,9-14,28-29H,2-3,5-6H2,1H3,(H,33,39)(H,25,30,32)(H3,21,23,24,31)/t9-,10-,11-,12-,13-,14-,38+/m1/s1. The van der Waals surface area contributed by atoms with Crippen LogP contribution < -0.4 is 22.5 Å². The molecule has 0 aromatic carbocycles. The van der Waals surface area contributed by atoms with Crippen molar-refractivity contribution in [2.45, 2.75) is 56.6 Å². The summed E-state index contributed by atoms with van der Waals surface area (Å²) >= 11 is 4.02. The van der Waals surface area contributed by atoms with Crippen LogP contribution in [0, 0.1) is 6.92 Å². The number of aromatic amines is 2. The number of imidazole rings is 1. The number of H-pyrrole nitrogens is 2. The van der Waals surface area contributed by atoms with Crippen molar-refractivity contribution in [1.29, 1.82) is 0 Å². The predicted molar refractivity (Wildman–Crippen MR) is 136 cm³/mol. The molecule has 0 aliphatic carbocycles. The molecule has 3 aromatic heterocycles. The van der Waals surface area contributed by atoms with Crippen LogP contribution in [0.3, 0.4) is 0 Å². The zero-order valence-electron chi connectivity index (χ0n) is 20.4. The summed E-state index contributed by atoms with van der Waals surface area (Å²) in [5, 5.41) is 20.2. The van der Waals surface area contributed by atoms with Crippen molar-refractivity contribution in [3.05, 3.63) is 49.3 Å². The number of ether oxygens (including phenoxy) is 2. The lowest BCUT2D eigenvalue weighted by atomic mass is 10.2. The monoisotopic (exact) mass is 587 g/mol. The molecule has 19 heteroatoms. The third-order valence-corrected chi connectivity index (χ3v) is 8.09. The number of aliphatic hydroxyl groups is 2. The quantitative estimate of drug-likeness (QED) is 0.136. The van der Waals surface area contributed by atoms with Crippen LogP contribution >= 0.6 is 19.0 Å². The van der Waals surface area contributed by atoms with Crippen molar-refractivity contribution < 1.29 is 33.3 Å². The van der Waals surface area contributed by atoms with Gasteiger partial charge in [-0.25, -0.2) is 14.3 Å². The van der Waals surface area contributed by atoms with Crippen molar-refractivity contribution in [3.63, 3.8) is 0 Å². The normalized spacial score (nSPS) is 28.7. The molecule has 0 unspecified atom stereocenters. The van der Waals surface area contributed by atoms with Crippen molar-refractivity contribution >= 4 is 36.2 Å². The molecule has 17 nitrogen and oxygen atoms in total. The highest BCUT2D eigenvalue weighted by molar-refractivity contribution is 8.44. The number of aromatic nitrogens is 6. The number of nitrogens with two attached hydrogens (primary N) is 1. The second-order valence-corrected chi connectivity index (χ2v) is 12.0. The van der Waals surface area contributed by atoms with E-state index < -0.39 is 73.7 Å². The minimum Gasteiger partial charge on any atom is -0.394 e. The predicted octanol–water partition coefficient (Wildman–Crippen LogP) is -1.07. The first-order chi connectivity index (χ1) is 18.5. The molecule has 7 atom stereocenters. The third kappa shape index (κ3) is 5.59. The molecule has 0 saturated carbocycles. The Bertz CT molecular complexity index is 1600. The maximum atomic E-state index is 13.0. The Labute approximate surface area is 223 Å². The van der Waals surface area contributed by atoms with Gasteiger partial charge in [0.05, 0.1) is 25.6 Å². The molecule has 39 heavy (non-hydrogen) atoms. The van der Waals surface area contributed by atoms with Crippen LogP contribution in [0.1, 0.15) is 30.9 Å². The Morgan fingerprint density at radius 2 is 1.90 bits per heavy atom. The van der Waals surface area contributed by atoms with Crippen LogP contribution in [0.4, 0.5) is 5.95 Å². The first kappa shape index (κ1) is 27.7. The van der Waals surface area contributed by atoms with Gasteiger partial charge in [0.1, 0.15) is 30.8 Å². The van der Waals surface area contributed by atoms with Gasteiger partial charge >= 0.3 is 12.5 Å². The summed E-state index contributed by atoms with van der Waals surface area (Å²) in [5.41, 5.74) is 4.34. The molecule has 0 spiro atoms. The van der Waals surface area contributed by atoms with Gasteiger partial charge in [0.25, 0.3) is 11.1 Å². The second-order valence-electron chi connectivity index (χ2n) is 9.14. The molecule has 2 aliphatic rings. The van der Waals surface area contributed by atoms with Crippen LogP contribution in [0.25, 0.3) is 11.2 Å². The Kier molecular flexibility index (Phi) is 7.55. The highest BCUT2D eigenvalue weighted by Crippen LogP contribution is 2.56. The van der Waals surface area contributed by atoms with Gasteiger partial charge in [-0.05, 0) is 6.92 Å². The Balaban J connectivity index is 1.23. The maximum Gasteiger partial charge on any atom is 0.386 e. The van der Waals surface area contributed by atoms with Gasteiger partial charge < -0.3 is 25.4 Å². The molecule has 212 valence electrons. The number of nitrogen functional groups attached to an aromatic ring is 1. The molecular weight excluding hydrogens is 561 g/mol. The number of nitrogens with one attached hydrogen (secondary N) is 2. The molecule has 0 radical (unpaired) electrons. The van der Waals surface area contributed by atoms with E-state index in [9.17, 15) is 29.2 Å². The van der Waals surface area contributed by atoms with E-state index in [-0.39, 0.29) is 35.5 Å². The summed E-state index contributed by atoms with van der Waals surface area (Å²) in [7, 11) is 0. The number of hydrogen-bond acceptors (Lipinski definition) is 13. The zero-order chi connectivity index (χ0) is 28.1. The van der Waals surface area contributed by atoms with Crippen LogP contribution in [-0.2, 0) is 23.1 Å². The van der Waals surface area contributed by atoms with Crippen LogP contribution in [0.5, 0.6) is 0 Å². The van der Waals surface area contributed by atoms with Gasteiger partial charge in [0.2, 0.25) is 5.95 Å². The SMILES string of the molecule is Cc1cn([C@H]2C[C@@H](O)[C@@H](CO[P@](=O)(S)O[C@@H]3C[C@H](n4cnc5c(=O)[nH]c(N)nc54)O[C@@H]3CO)O2)c(=O)[nH]c1=O. The minimum absolute atomic E-state index is 0.0160. The van der Waals surface area contributed by atoms with Gasteiger partial charge in [-0.1, -0.05) is 12.2 Å². The summed E-state index contributed by atoms with van der Waals surface area (Å²) in [5.74, 6) is -0.119. The Morgan fingerprint density at radius 3 is 2.64 bits per heavy atom. The smallest absolute Gasteiger partial charge is 0.386 e. The second kappa shape index (κ2) is 10.6. The summed E-state index contributed by atoms with van der Waals surface area (Å²) in [6.45, 7) is -3.44. The number of thiol groups is 1. The van der Waals surface area contributed by atoms with Gasteiger partial charge in [-0.2, -0.15) is 4.98 Å². The maximum absolute atomic E-state index is 13.0. The molecular formula is C20H26N7O10PS. The number of rotatable bonds is 8. The number of hydrogen-bond donors (Lipinski definition) is 6. The van der Waals surface area contributed by atoms with Gasteiger partial charge in [0.15, 0.2) is 11.2 Å². The van der Waals surface area contributed by atoms with E-state index >= 15 is 0 Å². The minimum atomic E-state index is -4.07. The summed E-state index contributed by atoms with van der Waals surface area (Å²) in [6.07, 6.45) is -2.87. The van der Waals surface area contributed by atoms with E-state index in [1.807, 2.05) is 0 Å². The van der Waals surface area contributed by atoms with E-state index in [0.717, 1.165) is 4.57 Å². The van der Waals surface area contributed by atoms with E-state index in [0.29, 0.717) is 0 Å². The first-order valence-electron chi connectivity index (χ1n) is 11.8. The van der Waals surface area contributed by atoms with E-state index in [1.54, 1.807) is 0 Å². The topological polar surface area (TPSA) is 239 Å². The molecule has 5 rings (SSSR count). The molecule has 3 aromatic rings. The number of nitrogens with zero attached hydrogens (tertiary/aromatic N) is 4. The molecule has 2 fully saturated rings. The largest absolute Gasteiger partial charge is 0.394 e.